The maximum Gasteiger partial charge on any atom is 0.316 e. The van der Waals surface area contributed by atoms with Gasteiger partial charge in [-0.1, -0.05) is 0 Å². The molecule has 0 bridgehead atoms. The number of rotatable bonds is 3. The maximum absolute atomic E-state index is 14.0. The molecule has 0 unspecified atom stereocenters. The summed E-state index contributed by atoms with van der Waals surface area (Å²) in [5.41, 5.74) is 4.10. The van der Waals surface area contributed by atoms with E-state index in [0.717, 1.165) is 12.1 Å². The van der Waals surface area contributed by atoms with Crippen LogP contribution in [0.4, 0.5) is 25.0 Å². The molecular formula is C12H10F2N4O2. The number of H-pyrrole nitrogens is 1. The molecule has 1 aromatic carbocycles. The van der Waals surface area contributed by atoms with Gasteiger partial charge in [-0.2, -0.15) is 0 Å². The number of carbonyl (C=O) groups is 2. The van der Waals surface area contributed by atoms with E-state index in [1.807, 2.05) is 5.32 Å². The van der Waals surface area contributed by atoms with Gasteiger partial charge in [-0.25, -0.2) is 13.6 Å². The Balaban J connectivity index is 2.29. The highest BCUT2D eigenvalue weighted by Crippen LogP contribution is 2.26. The standard InChI is InChI=1S/C12H10F2N4O2/c13-7-1-2-8(9(14)10(7)18-12(15)20)17-11(19)6-3-4-16-5-6/h1-5,16H,(H,17,19)(H3,15,18,20). The van der Waals surface area contributed by atoms with E-state index < -0.39 is 29.3 Å². The highest BCUT2D eigenvalue weighted by Gasteiger charge is 2.17. The normalized spacial score (nSPS) is 10.1. The van der Waals surface area contributed by atoms with E-state index in [-0.39, 0.29) is 11.3 Å². The number of anilines is 2. The average Bonchev–Trinajstić information content (AvgIpc) is 2.91. The lowest BCUT2D eigenvalue weighted by Gasteiger charge is -2.10. The third-order valence-corrected chi connectivity index (χ3v) is 2.45. The summed E-state index contributed by atoms with van der Waals surface area (Å²) in [7, 11) is 0. The lowest BCUT2D eigenvalue weighted by molar-refractivity contribution is 0.102. The molecule has 6 nitrogen and oxygen atoms in total. The summed E-state index contributed by atoms with van der Waals surface area (Å²) in [6, 6.07) is 2.32. The van der Waals surface area contributed by atoms with Gasteiger partial charge in [-0.3, -0.25) is 4.79 Å². The second-order valence-corrected chi connectivity index (χ2v) is 3.83. The van der Waals surface area contributed by atoms with E-state index in [1.54, 1.807) is 0 Å². The summed E-state index contributed by atoms with van der Waals surface area (Å²) in [5.74, 6) is -2.70. The van der Waals surface area contributed by atoms with Crippen LogP contribution < -0.4 is 16.4 Å². The third kappa shape index (κ3) is 2.74. The first kappa shape index (κ1) is 13.5. The van der Waals surface area contributed by atoms with Crippen molar-refractivity contribution in [2.24, 2.45) is 5.73 Å². The highest BCUT2D eigenvalue weighted by atomic mass is 19.1. The van der Waals surface area contributed by atoms with Gasteiger partial charge in [0, 0.05) is 12.4 Å². The van der Waals surface area contributed by atoms with Crippen LogP contribution in [0.2, 0.25) is 0 Å². The number of primary amides is 1. The molecule has 1 aromatic heterocycles. The van der Waals surface area contributed by atoms with E-state index in [0.29, 0.717) is 0 Å². The Hall–Kier alpha value is -2.90. The first-order valence-corrected chi connectivity index (χ1v) is 5.47. The molecule has 104 valence electrons. The number of amides is 3. The van der Waals surface area contributed by atoms with E-state index >= 15 is 0 Å². The Morgan fingerprint density at radius 2 is 1.90 bits per heavy atom. The van der Waals surface area contributed by atoms with Crippen LogP contribution in [0.15, 0.2) is 30.6 Å². The van der Waals surface area contributed by atoms with E-state index in [2.05, 4.69) is 10.3 Å². The molecule has 0 spiro atoms. The fourth-order valence-corrected chi connectivity index (χ4v) is 1.55. The lowest BCUT2D eigenvalue weighted by atomic mass is 10.2. The lowest BCUT2D eigenvalue weighted by Crippen LogP contribution is -2.22. The summed E-state index contributed by atoms with van der Waals surface area (Å²) in [4.78, 5) is 25.1. The largest absolute Gasteiger partial charge is 0.367 e. The Morgan fingerprint density at radius 3 is 2.50 bits per heavy atom. The molecule has 0 radical (unpaired) electrons. The van der Waals surface area contributed by atoms with Crippen LogP contribution >= 0.6 is 0 Å². The summed E-state index contributed by atoms with van der Waals surface area (Å²) in [6.07, 6.45) is 2.94. The number of aromatic amines is 1. The molecule has 0 aliphatic heterocycles. The van der Waals surface area contributed by atoms with E-state index in [9.17, 15) is 18.4 Å². The van der Waals surface area contributed by atoms with Gasteiger partial charge in [0.25, 0.3) is 5.91 Å². The van der Waals surface area contributed by atoms with E-state index in [4.69, 9.17) is 5.73 Å². The van der Waals surface area contributed by atoms with Crippen LogP contribution in [0, 0.1) is 11.6 Å². The van der Waals surface area contributed by atoms with Gasteiger partial charge in [0.05, 0.1) is 11.3 Å². The number of benzene rings is 1. The molecule has 2 aromatic rings. The number of urea groups is 1. The smallest absolute Gasteiger partial charge is 0.316 e. The molecule has 20 heavy (non-hydrogen) atoms. The summed E-state index contributed by atoms with van der Waals surface area (Å²) in [6.45, 7) is 0. The minimum absolute atomic E-state index is 0.276. The molecule has 0 atom stereocenters. The van der Waals surface area contributed by atoms with Crippen molar-refractivity contribution in [3.63, 3.8) is 0 Å². The maximum atomic E-state index is 14.0. The van der Waals surface area contributed by atoms with Crippen LogP contribution in [0.25, 0.3) is 0 Å². The number of halogens is 2. The van der Waals surface area contributed by atoms with Gasteiger partial charge in [-0.05, 0) is 18.2 Å². The number of aromatic nitrogens is 1. The van der Waals surface area contributed by atoms with Gasteiger partial charge in [0.1, 0.15) is 11.5 Å². The predicted octanol–water partition coefficient (Wildman–Crippen LogP) is 2.04. The molecule has 0 aliphatic rings. The van der Waals surface area contributed by atoms with Crippen LogP contribution in [0.1, 0.15) is 10.4 Å². The molecule has 0 saturated carbocycles. The third-order valence-electron chi connectivity index (χ3n) is 2.45. The highest BCUT2D eigenvalue weighted by molar-refractivity contribution is 6.04. The van der Waals surface area contributed by atoms with Crippen LogP contribution in [-0.4, -0.2) is 16.9 Å². The Morgan fingerprint density at radius 1 is 1.15 bits per heavy atom. The molecule has 8 heteroatoms. The van der Waals surface area contributed by atoms with Crippen molar-refractivity contribution in [3.8, 4) is 0 Å². The molecular weight excluding hydrogens is 270 g/mol. The first-order chi connectivity index (χ1) is 9.49. The average molecular weight is 280 g/mol. The summed E-state index contributed by atoms with van der Waals surface area (Å²) < 4.78 is 27.3. The van der Waals surface area contributed by atoms with Crippen molar-refractivity contribution < 1.29 is 18.4 Å². The van der Waals surface area contributed by atoms with Gasteiger partial charge in [0.15, 0.2) is 5.82 Å². The first-order valence-electron chi connectivity index (χ1n) is 5.47. The van der Waals surface area contributed by atoms with Gasteiger partial charge >= 0.3 is 6.03 Å². The van der Waals surface area contributed by atoms with Crippen molar-refractivity contribution in [2.45, 2.75) is 0 Å². The minimum Gasteiger partial charge on any atom is -0.367 e. The molecule has 0 fully saturated rings. The fourth-order valence-electron chi connectivity index (χ4n) is 1.55. The zero-order valence-electron chi connectivity index (χ0n) is 10.0. The summed E-state index contributed by atoms with van der Waals surface area (Å²) >= 11 is 0. The molecule has 5 N–H and O–H groups in total. The fraction of sp³-hybridized carbons (Fsp3) is 0. The number of nitrogens with two attached hydrogens (primary N) is 1. The Labute approximate surface area is 112 Å². The molecule has 2 rings (SSSR count). The van der Waals surface area contributed by atoms with Gasteiger partial charge in [0.2, 0.25) is 0 Å². The van der Waals surface area contributed by atoms with Crippen molar-refractivity contribution >= 4 is 23.3 Å². The molecule has 0 saturated heterocycles. The number of nitrogens with one attached hydrogen (secondary N) is 3. The Kier molecular flexibility index (Phi) is 3.65. The van der Waals surface area contributed by atoms with Crippen molar-refractivity contribution in [1.82, 2.24) is 4.98 Å². The van der Waals surface area contributed by atoms with Gasteiger partial charge in [-0.15, -0.1) is 0 Å². The second-order valence-electron chi connectivity index (χ2n) is 3.83. The SMILES string of the molecule is NC(=O)Nc1c(F)ccc(NC(=O)c2cc[nH]c2)c1F. The Bertz CT molecular complexity index is 656. The van der Waals surface area contributed by atoms with Crippen LogP contribution in [0.5, 0.6) is 0 Å². The predicted molar refractivity (Wildman–Crippen MR) is 68.3 cm³/mol. The number of carbonyl (C=O) groups excluding carboxylic acids is 2. The molecule has 3 amide bonds. The minimum atomic E-state index is -1.12. The number of hydrogen-bond donors (Lipinski definition) is 4. The molecule has 0 aliphatic carbocycles. The van der Waals surface area contributed by atoms with Crippen molar-refractivity contribution in [3.05, 3.63) is 47.8 Å². The zero-order chi connectivity index (χ0) is 14.7. The van der Waals surface area contributed by atoms with Crippen molar-refractivity contribution in [2.75, 3.05) is 10.6 Å². The van der Waals surface area contributed by atoms with E-state index in [1.165, 1.54) is 18.5 Å². The van der Waals surface area contributed by atoms with Crippen LogP contribution in [-0.2, 0) is 0 Å². The molecule has 1 heterocycles. The van der Waals surface area contributed by atoms with Gasteiger partial charge < -0.3 is 21.4 Å². The van der Waals surface area contributed by atoms with Crippen LogP contribution in [0.3, 0.4) is 0 Å². The monoisotopic (exact) mass is 280 g/mol. The second kappa shape index (κ2) is 5.39. The topological polar surface area (TPSA) is 100 Å². The number of hydrogen-bond acceptors (Lipinski definition) is 2. The van der Waals surface area contributed by atoms with Crippen molar-refractivity contribution in [1.29, 1.82) is 0 Å². The summed E-state index contributed by atoms with van der Waals surface area (Å²) in [5, 5.41) is 4.08. The zero-order valence-corrected chi connectivity index (χ0v) is 10.0. The quantitative estimate of drug-likeness (QED) is 0.691.